The van der Waals surface area contributed by atoms with Crippen molar-refractivity contribution in [3.8, 4) is 11.1 Å². The third-order valence-electron chi connectivity index (χ3n) is 8.70. The number of benzene rings is 2. The van der Waals surface area contributed by atoms with E-state index < -0.39 is 59.3 Å². The molecule has 47 heavy (non-hydrogen) atoms. The molecule has 7 nitrogen and oxygen atoms in total. The zero-order valence-corrected chi connectivity index (χ0v) is 27.1. The first kappa shape index (κ1) is 35.8. The van der Waals surface area contributed by atoms with Crippen molar-refractivity contribution < 1.29 is 36.6 Å². The molecule has 2 heterocycles. The van der Waals surface area contributed by atoms with Crippen LogP contribution in [0.1, 0.15) is 78.6 Å². The summed E-state index contributed by atoms with van der Waals surface area (Å²) in [6.07, 6.45) is -3.46. The van der Waals surface area contributed by atoms with Crippen molar-refractivity contribution in [1.29, 1.82) is 0 Å². The fourth-order valence-corrected chi connectivity index (χ4v) is 6.12. The maximum Gasteiger partial charge on any atom is 0.416 e. The number of amides is 1. The standard InChI is InChI=1S/C35H40F5N3O4/c1-19(2)13-29(43-18-23(9-12-42-10-6-11-42)26(16-30(43)44)35(38,39)40)34(47)41-28(17-31(45)46)25-15-24(14-21(4)33(25)37)32-20(3)7-8-27(36)22(32)5/h7-8,14-16,18-19,28-29H,6,9-13,17H2,1-5H3,(H,41,47)(H,45,46)/t28-,29?/m0/s1. The van der Waals surface area contributed by atoms with Gasteiger partial charge in [0.1, 0.15) is 17.7 Å². The molecule has 0 spiro atoms. The average Bonchev–Trinajstić information content (AvgIpc) is 2.94. The second-order valence-electron chi connectivity index (χ2n) is 12.8. The molecule has 1 aliphatic heterocycles. The highest BCUT2D eigenvalue weighted by atomic mass is 19.4. The number of carboxylic acid groups (broad SMARTS) is 1. The first-order valence-electron chi connectivity index (χ1n) is 15.6. The van der Waals surface area contributed by atoms with Gasteiger partial charge in [-0.05, 0) is 111 Å². The summed E-state index contributed by atoms with van der Waals surface area (Å²) < 4.78 is 73.2. The van der Waals surface area contributed by atoms with Crippen LogP contribution in [0.2, 0.25) is 0 Å². The number of aryl methyl sites for hydroxylation is 2. The van der Waals surface area contributed by atoms with Crippen molar-refractivity contribution >= 4 is 11.9 Å². The van der Waals surface area contributed by atoms with Crippen molar-refractivity contribution in [3.63, 3.8) is 0 Å². The van der Waals surface area contributed by atoms with Crippen LogP contribution in [0, 0.1) is 38.3 Å². The molecule has 1 aromatic heterocycles. The fourth-order valence-electron chi connectivity index (χ4n) is 6.12. The van der Waals surface area contributed by atoms with Gasteiger partial charge in [0.15, 0.2) is 0 Å². The Hall–Kier alpha value is -4.06. The Morgan fingerprint density at radius 2 is 1.70 bits per heavy atom. The molecule has 2 aromatic carbocycles. The highest BCUT2D eigenvalue weighted by Gasteiger charge is 2.36. The number of hydrogen-bond acceptors (Lipinski definition) is 4. The summed E-state index contributed by atoms with van der Waals surface area (Å²) in [7, 11) is 0. The van der Waals surface area contributed by atoms with E-state index in [4.69, 9.17) is 0 Å². The quantitative estimate of drug-likeness (QED) is 0.206. The molecule has 2 N–H and O–H groups in total. The van der Waals surface area contributed by atoms with E-state index in [1.165, 1.54) is 25.1 Å². The molecule has 1 fully saturated rings. The lowest BCUT2D eigenvalue weighted by Crippen LogP contribution is -2.41. The second kappa shape index (κ2) is 14.4. The predicted octanol–water partition coefficient (Wildman–Crippen LogP) is 6.91. The van der Waals surface area contributed by atoms with E-state index in [0.717, 1.165) is 30.3 Å². The Labute approximate surface area is 270 Å². The van der Waals surface area contributed by atoms with Crippen LogP contribution in [0.25, 0.3) is 11.1 Å². The van der Waals surface area contributed by atoms with Crippen molar-refractivity contribution in [1.82, 2.24) is 14.8 Å². The summed E-state index contributed by atoms with van der Waals surface area (Å²) in [5.74, 6) is -3.65. The highest BCUT2D eigenvalue weighted by Crippen LogP contribution is 2.35. The molecule has 4 rings (SSSR count). The summed E-state index contributed by atoms with van der Waals surface area (Å²) in [6.45, 7) is 10.2. The lowest BCUT2D eigenvalue weighted by molar-refractivity contribution is -0.139. The van der Waals surface area contributed by atoms with Crippen LogP contribution in [-0.4, -0.2) is 46.1 Å². The normalized spacial score (nSPS) is 15.0. The highest BCUT2D eigenvalue weighted by molar-refractivity contribution is 5.82. The first-order valence-corrected chi connectivity index (χ1v) is 15.6. The number of aromatic nitrogens is 1. The third kappa shape index (κ3) is 8.27. The maximum atomic E-state index is 15.7. The monoisotopic (exact) mass is 661 g/mol. The van der Waals surface area contributed by atoms with E-state index in [1.807, 2.05) is 4.90 Å². The molecule has 0 saturated carbocycles. The fraction of sp³-hybridized carbons (Fsp3) is 0.457. The zero-order chi connectivity index (χ0) is 34.8. The molecule has 0 aliphatic carbocycles. The maximum absolute atomic E-state index is 15.7. The lowest BCUT2D eigenvalue weighted by Gasteiger charge is -2.31. The molecule has 0 radical (unpaired) electrons. The van der Waals surface area contributed by atoms with Gasteiger partial charge in [-0.2, -0.15) is 13.2 Å². The Morgan fingerprint density at radius 1 is 1.02 bits per heavy atom. The van der Waals surface area contributed by atoms with Gasteiger partial charge in [-0.15, -0.1) is 0 Å². The number of hydrogen-bond donors (Lipinski definition) is 2. The van der Waals surface area contributed by atoms with Gasteiger partial charge in [-0.3, -0.25) is 14.4 Å². The SMILES string of the molecule is Cc1cc(-c2c(C)ccc(F)c2C)cc([C@H](CC(=O)O)NC(=O)C(CC(C)C)n2cc(CCN3CCC3)c(C(F)(F)F)cc2=O)c1F. The smallest absolute Gasteiger partial charge is 0.416 e. The van der Waals surface area contributed by atoms with Crippen molar-refractivity contribution in [2.45, 2.75) is 78.6 Å². The van der Waals surface area contributed by atoms with Gasteiger partial charge in [0.25, 0.3) is 5.56 Å². The summed E-state index contributed by atoms with van der Waals surface area (Å²) in [5.41, 5.74) is -0.342. The molecule has 1 saturated heterocycles. The molecule has 0 bridgehead atoms. The number of likely N-dealkylation sites (tertiary alicyclic amines) is 1. The minimum atomic E-state index is -4.79. The van der Waals surface area contributed by atoms with Gasteiger partial charge >= 0.3 is 12.1 Å². The third-order valence-corrected chi connectivity index (χ3v) is 8.70. The largest absolute Gasteiger partial charge is 0.481 e. The van der Waals surface area contributed by atoms with Gasteiger partial charge in [0.05, 0.1) is 18.0 Å². The van der Waals surface area contributed by atoms with Crippen LogP contribution < -0.4 is 10.9 Å². The predicted molar refractivity (Wildman–Crippen MR) is 168 cm³/mol. The zero-order valence-electron chi connectivity index (χ0n) is 27.1. The number of halogens is 5. The number of pyridine rings is 1. The average molecular weight is 662 g/mol. The Balaban J connectivity index is 1.78. The molecule has 3 aromatic rings. The van der Waals surface area contributed by atoms with Crippen molar-refractivity contribution in [2.24, 2.45) is 5.92 Å². The number of carbonyl (C=O) groups excluding carboxylic acids is 1. The van der Waals surface area contributed by atoms with E-state index in [0.29, 0.717) is 34.9 Å². The van der Waals surface area contributed by atoms with Crippen LogP contribution in [0.4, 0.5) is 22.0 Å². The minimum absolute atomic E-state index is 0.00295. The Bertz CT molecular complexity index is 1710. The summed E-state index contributed by atoms with van der Waals surface area (Å²) >= 11 is 0. The number of carboxylic acids is 1. The van der Waals surface area contributed by atoms with Crippen molar-refractivity contribution in [2.75, 3.05) is 19.6 Å². The lowest BCUT2D eigenvalue weighted by atomic mass is 9.90. The number of alkyl halides is 3. The molecule has 12 heteroatoms. The van der Waals surface area contributed by atoms with Crippen LogP contribution in [0.15, 0.2) is 41.3 Å². The van der Waals surface area contributed by atoms with Crippen LogP contribution in [0.5, 0.6) is 0 Å². The summed E-state index contributed by atoms with van der Waals surface area (Å²) in [4.78, 5) is 41.1. The van der Waals surface area contributed by atoms with Gasteiger partial charge in [0, 0.05) is 24.4 Å². The van der Waals surface area contributed by atoms with Crippen LogP contribution in [0.3, 0.4) is 0 Å². The molecule has 1 aliphatic rings. The van der Waals surface area contributed by atoms with E-state index in [9.17, 15) is 37.1 Å². The van der Waals surface area contributed by atoms with Gasteiger partial charge < -0.3 is 19.9 Å². The number of rotatable bonds is 12. The van der Waals surface area contributed by atoms with Gasteiger partial charge in [-0.1, -0.05) is 19.9 Å². The Kier molecular flexibility index (Phi) is 10.9. The first-order chi connectivity index (χ1) is 22.0. The molecule has 1 amide bonds. The van der Waals surface area contributed by atoms with Gasteiger partial charge in [0.2, 0.25) is 5.91 Å². The molecular weight excluding hydrogens is 621 g/mol. The number of aliphatic carboxylic acids is 1. The summed E-state index contributed by atoms with van der Waals surface area (Å²) in [6, 6.07) is 3.54. The minimum Gasteiger partial charge on any atom is -0.481 e. The summed E-state index contributed by atoms with van der Waals surface area (Å²) in [5, 5.41) is 12.3. The van der Waals surface area contributed by atoms with E-state index in [2.05, 4.69) is 5.32 Å². The van der Waals surface area contributed by atoms with Crippen LogP contribution in [-0.2, 0) is 22.2 Å². The van der Waals surface area contributed by atoms with E-state index >= 15 is 4.39 Å². The molecular formula is C35H40F5N3O4. The number of carbonyl (C=O) groups is 2. The van der Waals surface area contributed by atoms with E-state index in [-0.39, 0.29) is 35.4 Å². The van der Waals surface area contributed by atoms with Crippen molar-refractivity contribution in [3.05, 3.63) is 91.9 Å². The number of nitrogens with zero attached hydrogens (tertiary/aromatic N) is 2. The Morgan fingerprint density at radius 3 is 2.28 bits per heavy atom. The van der Waals surface area contributed by atoms with E-state index in [1.54, 1.807) is 33.8 Å². The topological polar surface area (TPSA) is 91.6 Å². The number of nitrogens with one attached hydrogen (secondary N) is 1. The second-order valence-corrected chi connectivity index (χ2v) is 12.8. The van der Waals surface area contributed by atoms with Crippen LogP contribution >= 0.6 is 0 Å². The van der Waals surface area contributed by atoms with Gasteiger partial charge in [-0.25, -0.2) is 8.78 Å². The molecule has 2 atom stereocenters. The molecule has 254 valence electrons. The molecule has 1 unspecified atom stereocenters.